The number of carbonyl (C=O) groups excluding carboxylic acids is 1. The van der Waals surface area contributed by atoms with Gasteiger partial charge in [0.05, 0.1) is 5.60 Å². The molecule has 0 aliphatic carbocycles. The fraction of sp³-hybridized carbons (Fsp3) is 0.786. The van der Waals surface area contributed by atoms with Gasteiger partial charge in [-0.3, -0.25) is 4.84 Å². The summed E-state index contributed by atoms with van der Waals surface area (Å²) in [5.41, 5.74) is 3.01. The van der Waals surface area contributed by atoms with E-state index in [-0.39, 0.29) is 23.1 Å². The van der Waals surface area contributed by atoms with Gasteiger partial charge in [-0.25, -0.2) is 10.3 Å². The van der Waals surface area contributed by atoms with E-state index in [0.29, 0.717) is 12.0 Å². The minimum atomic E-state index is -0.310. The number of esters is 1. The second-order valence-electron chi connectivity index (χ2n) is 6.23. The van der Waals surface area contributed by atoms with Crippen molar-refractivity contribution in [3.63, 3.8) is 0 Å². The Hall–Kier alpha value is -0.870. The fourth-order valence-corrected chi connectivity index (χ4v) is 2.51. The predicted molar refractivity (Wildman–Crippen MR) is 70.9 cm³/mol. The van der Waals surface area contributed by atoms with Gasteiger partial charge in [-0.05, 0) is 20.3 Å². The van der Waals surface area contributed by atoms with Gasteiger partial charge in [0.25, 0.3) is 0 Å². The molecule has 0 radical (unpaired) electrons. The zero-order chi connectivity index (χ0) is 14.0. The zero-order valence-electron chi connectivity index (χ0n) is 12.1. The van der Waals surface area contributed by atoms with Gasteiger partial charge < -0.3 is 4.74 Å². The number of nitrogens with one attached hydrogen (secondary N) is 1. The molecular formula is C14H25NO3. The van der Waals surface area contributed by atoms with Crippen LogP contribution in [0.15, 0.2) is 12.2 Å². The van der Waals surface area contributed by atoms with Crippen LogP contribution in [0, 0.1) is 5.41 Å². The first-order valence-corrected chi connectivity index (χ1v) is 6.47. The molecule has 0 aromatic heterocycles. The summed E-state index contributed by atoms with van der Waals surface area (Å²) in [5.74, 6) is -0.265. The lowest BCUT2D eigenvalue weighted by Crippen LogP contribution is -2.41. The first-order valence-electron chi connectivity index (χ1n) is 6.47. The molecule has 1 unspecified atom stereocenters. The summed E-state index contributed by atoms with van der Waals surface area (Å²) < 4.78 is 5.37. The Labute approximate surface area is 110 Å². The summed E-state index contributed by atoms with van der Waals surface area (Å²) in [6, 6.07) is 0. The molecule has 4 heteroatoms. The van der Waals surface area contributed by atoms with Crippen molar-refractivity contribution in [2.45, 2.75) is 59.2 Å². The Bertz CT molecular complexity index is 318. The summed E-state index contributed by atoms with van der Waals surface area (Å²) >= 11 is 0. The van der Waals surface area contributed by atoms with Gasteiger partial charge >= 0.3 is 5.97 Å². The molecule has 4 nitrogen and oxygen atoms in total. The average molecular weight is 255 g/mol. The SMILES string of the molecule is C=C1CC(C(C)(C)CC(C)(C)ONCC)OC1=O. The molecule has 0 aromatic rings. The van der Waals surface area contributed by atoms with E-state index < -0.39 is 0 Å². The van der Waals surface area contributed by atoms with Crippen LogP contribution in [0.1, 0.15) is 47.5 Å². The monoisotopic (exact) mass is 255 g/mol. The molecule has 18 heavy (non-hydrogen) atoms. The van der Waals surface area contributed by atoms with Gasteiger partial charge in [-0.1, -0.05) is 27.4 Å². The van der Waals surface area contributed by atoms with Crippen molar-refractivity contribution in [1.82, 2.24) is 5.48 Å². The maximum absolute atomic E-state index is 11.4. The minimum Gasteiger partial charge on any atom is -0.458 e. The van der Waals surface area contributed by atoms with E-state index in [0.717, 1.165) is 13.0 Å². The van der Waals surface area contributed by atoms with Crippen LogP contribution in [0.5, 0.6) is 0 Å². The van der Waals surface area contributed by atoms with E-state index >= 15 is 0 Å². The van der Waals surface area contributed by atoms with Crippen molar-refractivity contribution < 1.29 is 14.4 Å². The summed E-state index contributed by atoms with van der Waals surface area (Å²) in [6.45, 7) is 14.7. The van der Waals surface area contributed by atoms with Gasteiger partial charge in [0, 0.05) is 24.0 Å². The Morgan fingerprint density at radius 3 is 2.50 bits per heavy atom. The predicted octanol–water partition coefficient (Wildman–Crippen LogP) is 2.59. The highest BCUT2D eigenvalue weighted by Crippen LogP contribution is 2.39. The quantitative estimate of drug-likeness (QED) is 0.450. The van der Waals surface area contributed by atoms with Crippen molar-refractivity contribution in [3.8, 4) is 0 Å². The summed E-state index contributed by atoms with van der Waals surface area (Å²) in [6.07, 6.45) is 1.29. The van der Waals surface area contributed by atoms with E-state index in [2.05, 4.69) is 25.9 Å². The number of carbonyl (C=O) groups is 1. The highest BCUT2D eigenvalue weighted by Gasteiger charge is 2.42. The first-order chi connectivity index (χ1) is 8.18. The molecule has 0 amide bonds. The molecule has 0 bridgehead atoms. The number of rotatable bonds is 6. The van der Waals surface area contributed by atoms with Crippen LogP contribution < -0.4 is 5.48 Å². The second kappa shape index (κ2) is 5.41. The van der Waals surface area contributed by atoms with Crippen molar-refractivity contribution in [3.05, 3.63) is 12.2 Å². The Kier molecular flexibility index (Phi) is 4.56. The normalized spacial score (nSPS) is 21.3. The Morgan fingerprint density at radius 2 is 2.06 bits per heavy atom. The third kappa shape index (κ3) is 3.82. The third-order valence-corrected chi connectivity index (χ3v) is 3.22. The second-order valence-corrected chi connectivity index (χ2v) is 6.23. The van der Waals surface area contributed by atoms with E-state index in [1.165, 1.54) is 0 Å². The molecule has 0 saturated carbocycles. The molecule has 104 valence electrons. The molecular weight excluding hydrogens is 230 g/mol. The summed E-state index contributed by atoms with van der Waals surface area (Å²) in [7, 11) is 0. The number of hydrogen-bond donors (Lipinski definition) is 1. The van der Waals surface area contributed by atoms with Crippen LogP contribution in [0.3, 0.4) is 0 Å². The van der Waals surface area contributed by atoms with Crippen LogP contribution in [-0.4, -0.2) is 24.2 Å². The van der Waals surface area contributed by atoms with Crippen molar-refractivity contribution >= 4 is 5.97 Å². The highest BCUT2D eigenvalue weighted by atomic mass is 16.7. The van der Waals surface area contributed by atoms with E-state index in [9.17, 15) is 4.79 Å². The van der Waals surface area contributed by atoms with Gasteiger partial charge in [0.2, 0.25) is 0 Å². The standard InChI is InChI=1S/C14H25NO3/c1-7-15-18-14(5,6)9-13(3,4)11-8-10(2)12(16)17-11/h11,15H,2,7-9H2,1,3-6H3. The molecule has 1 saturated heterocycles. The van der Waals surface area contributed by atoms with Crippen LogP contribution in [0.2, 0.25) is 0 Å². The maximum Gasteiger partial charge on any atom is 0.333 e. The van der Waals surface area contributed by atoms with E-state index in [1.807, 2.05) is 20.8 Å². The van der Waals surface area contributed by atoms with Gasteiger partial charge in [0.1, 0.15) is 6.10 Å². The molecule has 0 aromatic carbocycles. The Balaban J connectivity index is 2.64. The molecule has 1 atom stereocenters. The first kappa shape index (κ1) is 15.2. The average Bonchev–Trinajstić information content (AvgIpc) is 2.56. The van der Waals surface area contributed by atoms with Crippen molar-refractivity contribution in [2.24, 2.45) is 5.41 Å². The number of hydroxylamine groups is 1. The fourth-order valence-electron chi connectivity index (χ4n) is 2.51. The van der Waals surface area contributed by atoms with Gasteiger partial charge in [0.15, 0.2) is 0 Å². The van der Waals surface area contributed by atoms with E-state index in [1.54, 1.807) is 0 Å². The molecule has 1 heterocycles. The van der Waals surface area contributed by atoms with Gasteiger partial charge in [-0.2, -0.15) is 0 Å². The minimum absolute atomic E-state index is 0.109. The topological polar surface area (TPSA) is 47.6 Å². The van der Waals surface area contributed by atoms with Crippen molar-refractivity contribution in [2.75, 3.05) is 6.54 Å². The van der Waals surface area contributed by atoms with Crippen LogP contribution in [0.4, 0.5) is 0 Å². The lowest BCUT2D eigenvalue weighted by atomic mass is 9.76. The highest BCUT2D eigenvalue weighted by molar-refractivity contribution is 5.90. The third-order valence-electron chi connectivity index (χ3n) is 3.22. The molecule has 1 N–H and O–H groups in total. The lowest BCUT2D eigenvalue weighted by Gasteiger charge is -2.37. The lowest BCUT2D eigenvalue weighted by molar-refractivity contribution is -0.149. The van der Waals surface area contributed by atoms with Crippen molar-refractivity contribution in [1.29, 1.82) is 0 Å². The van der Waals surface area contributed by atoms with Crippen LogP contribution >= 0.6 is 0 Å². The summed E-state index contributed by atoms with van der Waals surface area (Å²) in [5, 5.41) is 0. The molecule has 1 aliphatic heterocycles. The molecule has 1 aliphatic rings. The zero-order valence-corrected chi connectivity index (χ0v) is 12.1. The number of hydrogen-bond acceptors (Lipinski definition) is 4. The molecule has 1 fully saturated rings. The largest absolute Gasteiger partial charge is 0.458 e. The summed E-state index contributed by atoms with van der Waals surface area (Å²) in [4.78, 5) is 17.0. The number of ether oxygens (including phenoxy) is 1. The smallest absolute Gasteiger partial charge is 0.333 e. The molecule has 1 rings (SSSR count). The van der Waals surface area contributed by atoms with Crippen LogP contribution in [0.25, 0.3) is 0 Å². The Morgan fingerprint density at radius 1 is 1.44 bits per heavy atom. The maximum atomic E-state index is 11.4. The molecule has 0 spiro atoms. The van der Waals surface area contributed by atoms with Crippen LogP contribution in [-0.2, 0) is 14.4 Å². The van der Waals surface area contributed by atoms with E-state index in [4.69, 9.17) is 9.57 Å². The number of cyclic esters (lactones) is 1. The van der Waals surface area contributed by atoms with Gasteiger partial charge in [-0.15, -0.1) is 0 Å².